The molecule has 6 heteroatoms. The van der Waals surface area contributed by atoms with Crippen molar-refractivity contribution in [1.82, 2.24) is 0 Å². The van der Waals surface area contributed by atoms with E-state index in [0.717, 1.165) is 17.0 Å². The highest BCUT2D eigenvalue weighted by Crippen LogP contribution is 2.24. The van der Waals surface area contributed by atoms with E-state index in [2.05, 4.69) is 0 Å². The quantitative estimate of drug-likeness (QED) is 0.650. The van der Waals surface area contributed by atoms with Gasteiger partial charge in [0.25, 0.3) is 0 Å². The second-order valence-corrected chi connectivity index (χ2v) is 5.25. The lowest BCUT2D eigenvalue weighted by Gasteiger charge is -2.09. The van der Waals surface area contributed by atoms with Crippen molar-refractivity contribution in [2.45, 2.75) is 4.90 Å². The first-order valence-corrected chi connectivity index (χ1v) is 7.09. The number of carboxylic acid groups (broad SMARTS) is 1. The van der Waals surface area contributed by atoms with Gasteiger partial charge in [0.1, 0.15) is 0 Å². The van der Waals surface area contributed by atoms with Crippen molar-refractivity contribution >= 4 is 17.7 Å². The summed E-state index contributed by atoms with van der Waals surface area (Å²) in [6, 6.07) is 11.0. The van der Waals surface area contributed by atoms with Gasteiger partial charge in [0.2, 0.25) is 0 Å². The third-order valence-corrected chi connectivity index (χ3v) is 3.56. The first-order valence-electron chi connectivity index (χ1n) is 6.11. The maximum Gasteiger partial charge on any atom is 0.335 e. The number of rotatable bonds is 6. The number of carbonyl (C=O) groups is 1. The maximum atomic E-state index is 13.6. The van der Waals surface area contributed by atoms with Crippen molar-refractivity contribution in [1.29, 1.82) is 0 Å². The van der Waals surface area contributed by atoms with E-state index in [9.17, 15) is 13.6 Å². The molecule has 0 aliphatic heterocycles. The SMILES string of the molecule is O=C(O)c1cc(F)c(OCCSc2ccccc2)c(F)c1. The van der Waals surface area contributed by atoms with Crippen LogP contribution >= 0.6 is 11.8 Å². The minimum atomic E-state index is -1.39. The van der Waals surface area contributed by atoms with Crippen molar-refractivity contribution < 1.29 is 23.4 Å². The zero-order chi connectivity index (χ0) is 15.2. The molecule has 0 aromatic heterocycles. The molecule has 0 aliphatic carbocycles. The van der Waals surface area contributed by atoms with Crippen molar-refractivity contribution in [3.05, 3.63) is 59.7 Å². The third-order valence-electron chi connectivity index (χ3n) is 2.59. The zero-order valence-corrected chi connectivity index (χ0v) is 11.7. The van der Waals surface area contributed by atoms with E-state index in [1.165, 1.54) is 11.8 Å². The summed E-state index contributed by atoms with van der Waals surface area (Å²) < 4.78 is 32.2. The summed E-state index contributed by atoms with van der Waals surface area (Å²) in [7, 11) is 0. The molecule has 110 valence electrons. The van der Waals surface area contributed by atoms with Crippen LogP contribution in [0.4, 0.5) is 8.78 Å². The summed E-state index contributed by atoms with van der Waals surface area (Å²) in [6.45, 7) is 0.111. The number of aromatic carboxylic acids is 1. The lowest BCUT2D eigenvalue weighted by atomic mass is 10.2. The van der Waals surface area contributed by atoms with Crippen LogP contribution in [0.5, 0.6) is 5.75 Å². The van der Waals surface area contributed by atoms with E-state index >= 15 is 0 Å². The lowest BCUT2D eigenvalue weighted by Crippen LogP contribution is -2.06. The number of hydrogen-bond donors (Lipinski definition) is 1. The summed E-state index contributed by atoms with van der Waals surface area (Å²) in [5.41, 5.74) is -0.448. The van der Waals surface area contributed by atoms with Crippen LogP contribution < -0.4 is 4.74 Å². The van der Waals surface area contributed by atoms with Gasteiger partial charge in [0, 0.05) is 10.6 Å². The van der Waals surface area contributed by atoms with E-state index in [4.69, 9.17) is 9.84 Å². The number of ether oxygens (including phenoxy) is 1. The van der Waals surface area contributed by atoms with Crippen LogP contribution in [0, 0.1) is 11.6 Å². The van der Waals surface area contributed by atoms with Gasteiger partial charge < -0.3 is 9.84 Å². The Morgan fingerprint density at radius 1 is 1.14 bits per heavy atom. The van der Waals surface area contributed by atoms with Crippen LogP contribution in [0.15, 0.2) is 47.4 Å². The highest BCUT2D eigenvalue weighted by molar-refractivity contribution is 7.99. The summed E-state index contributed by atoms with van der Waals surface area (Å²) in [5, 5.41) is 8.69. The van der Waals surface area contributed by atoms with Crippen LogP contribution in [0.1, 0.15) is 10.4 Å². The zero-order valence-electron chi connectivity index (χ0n) is 10.9. The third kappa shape index (κ3) is 4.19. The van der Waals surface area contributed by atoms with Gasteiger partial charge in [-0.25, -0.2) is 13.6 Å². The maximum absolute atomic E-state index is 13.6. The Labute approximate surface area is 124 Å². The predicted octanol–water partition coefficient (Wildman–Crippen LogP) is 3.83. The number of hydrogen-bond acceptors (Lipinski definition) is 3. The van der Waals surface area contributed by atoms with Crippen LogP contribution in [0.3, 0.4) is 0 Å². The molecule has 0 unspecified atom stereocenters. The van der Waals surface area contributed by atoms with Crippen LogP contribution in [-0.4, -0.2) is 23.4 Å². The predicted molar refractivity (Wildman–Crippen MR) is 76.0 cm³/mol. The fourth-order valence-electron chi connectivity index (χ4n) is 1.64. The second kappa shape index (κ2) is 7.08. The Kier molecular flexibility index (Phi) is 5.16. The molecule has 3 nitrogen and oxygen atoms in total. The van der Waals surface area contributed by atoms with Crippen molar-refractivity contribution in [3.63, 3.8) is 0 Å². The Hall–Kier alpha value is -2.08. The molecule has 0 aliphatic rings. The number of thioether (sulfide) groups is 1. The van der Waals surface area contributed by atoms with Crippen LogP contribution in [0.25, 0.3) is 0 Å². The minimum absolute atomic E-state index is 0.111. The van der Waals surface area contributed by atoms with E-state index < -0.39 is 28.9 Å². The first-order chi connectivity index (χ1) is 10.1. The number of carboxylic acids is 1. The summed E-state index contributed by atoms with van der Waals surface area (Å²) in [4.78, 5) is 11.7. The number of benzene rings is 2. The molecule has 0 saturated carbocycles. The molecular formula is C15H12F2O3S. The molecule has 0 saturated heterocycles. The van der Waals surface area contributed by atoms with Crippen LogP contribution in [-0.2, 0) is 0 Å². The lowest BCUT2D eigenvalue weighted by molar-refractivity contribution is 0.0695. The smallest absolute Gasteiger partial charge is 0.335 e. The Bertz CT molecular complexity index is 609. The molecule has 21 heavy (non-hydrogen) atoms. The first kappa shape index (κ1) is 15.3. The Balaban J connectivity index is 1.93. The monoisotopic (exact) mass is 310 g/mol. The Morgan fingerprint density at radius 2 is 1.76 bits per heavy atom. The minimum Gasteiger partial charge on any atom is -0.487 e. The fourth-order valence-corrected chi connectivity index (χ4v) is 2.39. The number of halogens is 2. The summed E-state index contributed by atoms with van der Waals surface area (Å²) in [5.74, 6) is -3.45. The van der Waals surface area contributed by atoms with Gasteiger partial charge in [-0.3, -0.25) is 0 Å². The van der Waals surface area contributed by atoms with Gasteiger partial charge in [-0.2, -0.15) is 0 Å². The average molecular weight is 310 g/mol. The van der Waals surface area contributed by atoms with E-state index in [0.29, 0.717) is 5.75 Å². The molecule has 0 radical (unpaired) electrons. The molecule has 0 heterocycles. The van der Waals surface area contributed by atoms with Crippen LogP contribution in [0.2, 0.25) is 0 Å². The molecule has 0 spiro atoms. The van der Waals surface area contributed by atoms with Gasteiger partial charge in [0.05, 0.1) is 12.2 Å². The van der Waals surface area contributed by atoms with Gasteiger partial charge in [-0.15, -0.1) is 11.8 Å². The van der Waals surface area contributed by atoms with E-state index in [1.807, 2.05) is 30.3 Å². The molecule has 0 fully saturated rings. The van der Waals surface area contributed by atoms with Gasteiger partial charge >= 0.3 is 5.97 Å². The van der Waals surface area contributed by atoms with Crippen molar-refractivity contribution in [3.8, 4) is 5.75 Å². The molecule has 2 aromatic carbocycles. The van der Waals surface area contributed by atoms with E-state index in [1.54, 1.807) is 0 Å². The highest BCUT2D eigenvalue weighted by Gasteiger charge is 2.15. The van der Waals surface area contributed by atoms with E-state index in [-0.39, 0.29) is 6.61 Å². The topological polar surface area (TPSA) is 46.5 Å². The molecule has 0 atom stereocenters. The highest BCUT2D eigenvalue weighted by atomic mass is 32.2. The van der Waals surface area contributed by atoms with Crippen molar-refractivity contribution in [2.75, 3.05) is 12.4 Å². The molecule has 0 bridgehead atoms. The largest absolute Gasteiger partial charge is 0.487 e. The molecule has 1 N–H and O–H groups in total. The van der Waals surface area contributed by atoms with Gasteiger partial charge in [0.15, 0.2) is 17.4 Å². The fraction of sp³-hybridized carbons (Fsp3) is 0.133. The molecule has 0 amide bonds. The Morgan fingerprint density at radius 3 is 2.33 bits per heavy atom. The average Bonchev–Trinajstić information content (AvgIpc) is 2.46. The molecule has 2 aromatic rings. The van der Waals surface area contributed by atoms with Gasteiger partial charge in [-0.1, -0.05) is 18.2 Å². The van der Waals surface area contributed by atoms with Crippen molar-refractivity contribution in [2.24, 2.45) is 0 Å². The normalized spacial score (nSPS) is 10.4. The van der Waals surface area contributed by atoms with Gasteiger partial charge in [-0.05, 0) is 24.3 Å². The standard InChI is InChI=1S/C15H12F2O3S/c16-12-8-10(15(18)19)9-13(17)14(12)20-6-7-21-11-4-2-1-3-5-11/h1-5,8-9H,6-7H2,(H,18,19). The molecule has 2 rings (SSSR count). The summed E-state index contributed by atoms with van der Waals surface area (Å²) in [6.07, 6.45) is 0. The second-order valence-electron chi connectivity index (χ2n) is 4.08. The summed E-state index contributed by atoms with van der Waals surface area (Å²) >= 11 is 1.50. The molecular weight excluding hydrogens is 298 g/mol.